The molecule has 5 nitrogen and oxygen atoms in total. The Morgan fingerprint density at radius 3 is 2.96 bits per heavy atom. The van der Waals surface area contributed by atoms with Crippen LogP contribution in [0.3, 0.4) is 0 Å². The molecule has 23 heavy (non-hydrogen) atoms. The highest BCUT2D eigenvalue weighted by molar-refractivity contribution is 5.95. The van der Waals surface area contributed by atoms with Crippen LogP contribution in [-0.4, -0.2) is 38.2 Å². The van der Waals surface area contributed by atoms with Gasteiger partial charge < -0.3 is 4.90 Å². The first kappa shape index (κ1) is 15.7. The lowest BCUT2D eigenvalue weighted by molar-refractivity contribution is 0.0729. The Bertz CT molecular complexity index is 665. The Morgan fingerprint density at radius 1 is 1.39 bits per heavy atom. The highest BCUT2D eigenvalue weighted by Crippen LogP contribution is 2.24. The van der Waals surface area contributed by atoms with Gasteiger partial charge >= 0.3 is 0 Å². The molecule has 1 amide bonds. The van der Waals surface area contributed by atoms with Crippen molar-refractivity contribution in [2.24, 2.45) is 0 Å². The van der Waals surface area contributed by atoms with Crippen LogP contribution in [0.5, 0.6) is 0 Å². The van der Waals surface area contributed by atoms with Crippen LogP contribution in [0.4, 0.5) is 0 Å². The van der Waals surface area contributed by atoms with Crippen molar-refractivity contribution in [1.82, 2.24) is 19.7 Å². The van der Waals surface area contributed by atoms with Gasteiger partial charge in [-0.3, -0.25) is 14.5 Å². The van der Waals surface area contributed by atoms with E-state index in [-0.39, 0.29) is 5.91 Å². The van der Waals surface area contributed by atoms with Crippen molar-refractivity contribution in [1.29, 1.82) is 0 Å². The number of aromatic nitrogens is 3. The second-order valence-electron chi connectivity index (χ2n) is 6.11. The Balaban J connectivity index is 1.68. The number of hydrogen-bond donors (Lipinski definition) is 0. The van der Waals surface area contributed by atoms with Crippen molar-refractivity contribution in [3.05, 3.63) is 47.5 Å². The van der Waals surface area contributed by atoms with Crippen molar-refractivity contribution in [2.45, 2.75) is 52.1 Å². The second kappa shape index (κ2) is 6.94. The zero-order valence-corrected chi connectivity index (χ0v) is 13.9. The highest BCUT2D eigenvalue weighted by atomic mass is 16.2. The van der Waals surface area contributed by atoms with E-state index in [0.29, 0.717) is 6.04 Å². The average molecular weight is 312 g/mol. The van der Waals surface area contributed by atoms with E-state index >= 15 is 0 Å². The topological polar surface area (TPSA) is 51.0 Å². The fourth-order valence-corrected chi connectivity index (χ4v) is 3.39. The van der Waals surface area contributed by atoms with Crippen molar-refractivity contribution < 1.29 is 4.79 Å². The number of carbonyl (C=O) groups excluding carboxylic acids is 1. The van der Waals surface area contributed by atoms with Gasteiger partial charge in [-0.15, -0.1) is 0 Å². The van der Waals surface area contributed by atoms with Crippen LogP contribution < -0.4 is 0 Å². The molecule has 0 saturated carbocycles. The molecule has 0 aliphatic carbocycles. The van der Waals surface area contributed by atoms with Gasteiger partial charge in [-0.2, -0.15) is 5.10 Å². The summed E-state index contributed by atoms with van der Waals surface area (Å²) in [6.45, 7) is 5.66. The molecule has 2 aromatic rings. The van der Waals surface area contributed by atoms with E-state index in [9.17, 15) is 4.79 Å². The zero-order chi connectivity index (χ0) is 16.2. The summed E-state index contributed by atoms with van der Waals surface area (Å²) in [6.07, 6.45) is 7.61. The molecule has 1 fully saturated rings. The number of amides is 1. The molecule has 0 N–H and O–H groups in total. The van der Waals surface area contributed by atoms with Crippen molar-refractivity contribution >= 4 is 5.91 Å². The van der Waals surface area contributed by atoms with Crippen LogP contribution >= 0.6 is 0 Å². The monoisotopic (exact) mass is 312 g/mol. The first-order chi connectivity index (χ1) is 11.2. The Morgan fingerprint density at radius 2 is 2.26 bits per heavy atom. The largest absolute Gasteiger partial charge is 0.336 e. The van der Waals surface area contributed by atoms with E-state index in [1.807, 2.05) is 41.8 Å². The first-order valence-electron chi connectivity index (χ1n) is 8.44. The summed E-state index contributed by atoms with van der Waals surface area (Å²) < 4.78 is 1.88. The maximum atomic E-state index is 12.9. The van der Waals surface area contributed by atoms with Gasteiger partial charge in [0.1, 0.15) is 0 Å². The van der Waals surface area contributed by atoms with Crippen LogP contribution in [0, 0.1) is 6.92 Å². The molecule has 0 aromatic carbocycles. The Hall–Kier alpha value is -2.17. The fraction of sp³-hybridized carbons (Fsp3) is 0.500. The predicted molar refractivity (Wildman–Crippen MR) is 89.3 cm³/mol. The fourth-order valence-electron chi connectivity index (χ4n) is 3.39. The van der Waals surface area contributed by atoms with E-state index < -0.39 is 0 Å². The summed E-state index contributed by atoms with van der Waals surface area (Å²) in [7, 11) is 0. The van der Waals surface area contributed by atoms with E-state index in [1.54, 1.807) is 6.20 Å². The highest BCUT2D eigenvalue weighted by Gasteiger charge is 2.30. The van der Waals surface area contributed by atoms with Crippen molar-refractivity contribution in [2.75, 3.05) is 6.54 Å². The van der Waals surface area contributed by atoms with E-state index in [4.69, 9.17) is 0 Å². The lowest BCUT2D eigenvalue weighted by Crippen LogP contribution is -2.36. The molecular formula is C18H24N4O. The summed E-state index contributed by atoms with van der Waals surface area (Å²) in [5.74, 6) is 0.130. The number of rotatable bonds is 5. The number of likely N-dealkylation sites (tertiary alicyclic amines) is 1. The van der Waals surface area contributed by atoms with Crippen molar-refractivity contribution in [3.8, 4) is 0 Å². The Kier molecular flexibility index (Phi) is 4.74. The molecule has 2 aromatic heterocycles. The Labute approximate surface area is 137 Å². The van der Waals surface area contributed by atoms with Gasteiger partial charge in [0.05, 0.1) is 11.8 Å². The third-order valence-electron chi connectivity index (χ3n) is 4.73. The molecule has 3 rings (SSSR count). The summed E-state index contributed by atoms with van der Waals surface area (Å²) >= 11 is 0. The van der Waals surface area contributed by atoms with Gasteiger partial charge in [0.25, 0.3) is 5.91 Å². The lowest BCUT2D eigenvalue weighted by Gasteiger charge is -2.24. The number of carbonyl (C=O) groups is 1. The van der Waals surface area contributed by atoms with E-state index in [0.717, 1.165) is 55.7 Å². The summed E-state index contributed by atoms with van der Waals surface area (Å²) in [5.41, 5.74) is 2.81. The third kappa shape index (κ3) is 3.28. The van der Waals surface area contributed by atoms with E-state index in [2.05, 4.69) is 16.1 Å². The molecule has 1 aliphatic rings. The molecule has 0 bridgehead atoms. The number of aryl methyl sites for hydroxylation is 2. The number of pyridine rings is 1. The summed E-state index contributed by atoms with van der Waals surface area (Å²) in [6, 6.07) is 6.32. The van der Waals surface area contributed by atoms with Crippen LogP contribution in [-0.2, 0) is 13.0 Å². The molecule has 1 aliphatic heterocycles. The molecule has 0 spiro atoms. The van der Waals surface area contributed by atoms with E-state index in [1.165, 1.54) is 0 Å². The molecule has 0 unspecified atom stereocenters. The maximum Gasteiger partial charge on any atom is 0.257 e. The molecule has 0 radical (unpaired) electrons. The molecule has 1 saturated heterocycles. The lowest BCUT2D eigenvalue weighted by atomic mass is 10.1. The first-order valence-corrected chi connectivity index (χ1v) is 8.44. The molecule has 3 heterocycles. The molecule has 122 valence electrons. The minimum absolute atomic E-state index is 0.130. The summed E-state index contributed by atoms with van der Waals surface area (Å²) in [5, 5.41) is 4.30. The minimum Gasteiger partial charge on any atom is -0.336 e. The van der Waals surface area contributed by atoms with Gasteiger partial charge in [0.2, 0.25) is 0 Å². The van der Waals surface area contributed by atoms with Crippen LogP contribution in [0.15, 0.2) is 30.6 Å². The van der Waals surface area contributed by atoms with Crippen LogP contribution in [0.2, 0.25) is 0 Å². The van der Waals surface area contributed by atoms with Gasteiger partial charge in [0, 0.05) is 36.7 Å². The summed E-state index contributed by atoms with van der Waals surface area (Å²) in [4.78, 5) is 19.3. The smallest absolute Gasteiger partial charge is 0.257 e. The number of nitrogens with zero attached hydrogens (tertiary/aromatic N) is 4. The zero-order valence-electron chi connectivity index (χ0n) is 13.9. The molecular weight excluding hydrogens is 288 g/mol. The predicted octanol–water partition coefficient (Wildman–Crippen LogP) is 2.84. The average Bonchev–Trinajstić information content (AvgIpc) is 3.19. The quantitative estimate of drug-likeness (QED) is 0.853. The van der Waals surface area contributed by atoms with Crippen LogP contribution in [0.1, 0.15) is 47.9 Å². The molecule has 1 atom stereocenters. The van der Waals surface area contributed by atoms with Gasteiger partial charge in [-0.1, -0.05) is 6.07 Å². The van der Waals surface area contributed by atoms with Gasteiger partial charge in [-0.05, 0) is 51.7 Å². The standard InChI is InChI=1S/C18H24N4O/c1-3-22-14(2)17(13-20-22)18(23)21-12-6-8-16(21)10-9-15-7-4-5-11-19-15/h4-5,7,11,13,16H,3,6,8-10,12H2,1-2H3/t16-/m0/s1. The molecule has 5 heteroatoms. The minimum atomic E-state index is 0.130. The van der Waals surface area contributed by atoms with Crippen molar-refractivity contribution in [3.63, 3.8) is 0 Å². The number of hydrogen-bond acceptors (Lipinski definition) is 3. The van der Waals surface area contributed by atoms with Crippen LogP contribution in [0.25, 0.3) is 0 Å². The normalized spacial score (nSPS) is 17.7. The maximum absolute atomic E-state index is 12.9. The third-order valence-corrected chi connectivity index (χ3v) is 4.73. The SMILES string of the molecule is CCn1ncc(C(=O)N2CCC[C@H]2CCc2ccccn2)c1C. The van der Waals surface area contributed by atoms with Gasteiger partial charge in [0.15, 0.2) is 0 Å². The van der Waals surface area contributed by atoms with Gasteiger partial charge in [-0.25, -0.2) is 0 Å². The second-order valence-corrected chi connectivity index (χ2v) is 6.11.